The summed E-state index contributed by atoms with van der Waals surface area (Å²) in [5.74, 6) is 0.598. The summed E-state index contributed by atoms with van der Waals surface area (Å²) < 4.78 is 19.8. The molecule has 168 valence electrons. The zero-order valence-electron chi connectivity index (χ0n) is 19.2. The fourth-order valence-corrected chi connectivity index (χ4v) is 5.23. The highest BCUT2D eigenvalue weighted by molar-refractivity contribution is 5.57. The molecule has 33 heavy (non-hydrogen) atoms. The number of rotatable bonds is 4. The van der Waals surface area contributed by atoms with Crippen LogP contribution in [0.4, 0.5) is 4.39 Å². The van der Waals surface area contributed by atoms with E-state index in [2.05, 4.69) is 60.4 Å². The maximum Gasteiger partial charge on any atom is 0.247 e. The van der Waals surface area contributed by atoms with Gasteiger partial charge in [0.25, 0.3) is 0 Å². The van der Waals surface area contributed by atoms with E-state index in [1.54, 1.807) is 12.1 Å². The van der Waals surface area contributed by atoms with Gasteiger partial charge in [0.15, 0.2) is 0 Å². The third-order valence-electron chi connectivity index (χ3n) is 6.61. The quantitative estimate of drug-likeness (QED) is 0.444. The van der Waals surface area contributed by atoms with Crippen LogP contribution in [0.25, 0.3) is 11.5 Å². The maximum atomic E-state index is 13.5. The molecule has 5 rings (SSSR count). The van der Waals surface area contributed by atoms with Crippen molar-refractivity contribution >= 4 is 0 Å². The topological polar surface area (TPSA) is 64.9 Å². The Morgan fingerprint density at radius 2 is 1.48 bits per heavy atom. The van der Waals surface area contributed by atoms with Crippen molar-refractivity contribution in [2.24, 2.45) is 5.73 Å². The van der Waals surface area contributed by atoms with E-state index in [9.17, 15) is 4.39 Å². The molecule has 0 saturated heterocycles. The molecule has 5 heteroatoms. The van der Waals surface area contributed by atoms with Gasteiger partial charge in [0.1, 0.15) is 11.2 Å². The minimum Gasteiger partial charge on any atom is -0.419 e. The van der Waals surface area contributed by atoms with Crippen LogP contribution in [0, 0.1) is 19.7 Å². The molecule has 1 atom stereocenters. The molecule has 2 N–H and O–H groups in total. The molecule has 0 amide bonds. The molecular weight excluding hydrogens is 413 g/mol. The zero-order valence-corrected chi connectivity index (χ0v) is 19.2. The van der Waals surface area contributed by atoms with E-state index >= 15 is 0 Å². The first kappa shape index (κ1) is 21.5. The molecule has 0 spiro atoms. The van der Waals surface area contributed by atoms with Gasteiger partial charge < -0.3 is 10.2 Å². The fourth-order valence-electron chi connectivity index (χ4n) is 5.23. The van der Waals surface area contributed by atoms with Crippen molar-refractivity contribution in [3.63, 3.8) is 0 Å². The van der Waals surface area contributed by atoms with Crippen molar-refractivity contribution in [1.82, 2.24) is 10.2 Å². The molecule has 0 aliphatic heterocycles. The normalized spacial score (nSPS) is 15.4. The van der Waals surface area contributed by atoms with Crippen LogP contribution in [0.1, 0.15) is 52.6 Å². The Kier molecular flexibility index (Phi) is 5.37. The van der Waals surface area contributed by atoms with Crippen molar-refractivity contribution in [3.8, 4) is 11.5 Å². The number of aryl methyl sites for hydroxylation is 4. The molecule has 1 aromatic heterocycles. The number of hydrogen-bond acceptors (Lipinski definition) is 4. The molecule has 3 aromatic carbocycles. The van der Waals surface area contributed by atoms with Crippen LogP contribution in [-0.2, 0) is 18.3 Å². The Labute approximate surface area is 193 Å². The van der Waals surface area contributed by atoms with Crippen LogP contribution in [0.2, 0.25) is 0 Å². The molecular formula is C28H28FN3O. The molecule has 0 fully saturated rings. The van der Waals surface area contributed by atoms with Gasteiger partial charge in [0.2, 0.25) is 11.8 Å². The van der Waals surface area contributed by atoms with Crippen LogP contribution in [0.3, 0.4) is 0 Å². The summed E-state index contributed by atoms with van der Waals surface area (Å²) >= 11 is 0. The number of nitrogens with two attached hydrogens (primary N) is 1. The van der Waals surface area contributed by atoms with Gasteiger partial charge in [-0.2, -0.15) is 0 Å². The van der Waals surface area contributed by atoms with Gasteiger partial charge >= 0.3 is 0 Å². The molecule has 0 bridgehead atoms. The summed E-state index contributed by atoms with van der Waals surface area (Å²) in [7, 11) is 0. The number of halogens is 1. The first-order valence-corrected chi connectivity index (χ1v) is 11.4. The second kappa shape index (κ2) is 8.23. The lowest BCUT2D eigenvalue weighted by Crippen LogP contribution is -2.37. The SMILES string of the molecule is Cc1ccc2c(c1)CCc1cc(C)ccc1C2(C[C@@H](C)N)c1nnc(-c2ccc(F)cc2)o1. The molecule has 1 aliphatic carbocycles. The maximum absolute atomic E-state index is 13.5. The van der Waals surface area contributed by atoms with E-state index in [0.717, 1.165) is 12.8 Å². The van der Waals surface area contributed by atoms with Gasteiger partial charge in [-0.1, -0.05) is 47.5 Å². The Morgan fingerprint density at radius 1 is 0.909 bits per heavy atom. The number of benzene rings is 3. The second-order valence-corrected chi connectivity index (χ2v) is 9.33. The van der Waals surface area contributed by atoms with Crippen LogP contribution in [0.5, 0.6) is 0 Å². The van der Waals surface area contributed by atoms with Crippen LogP contribution in [-0.4, -0.2) is 16.2 Å². The van der Waals surface area contributed by atoms with Gasteiger partial charge in [-0.25, -0.2) is 4.39 Å². The Balaban J connectivity index is 1.80. The van der Waals surface area contributed by atoms with E-state index in [1.807, 2.05) is 6.92 Å². The fraction of sp³-hybridized carbons (Fsp3) is 0.286. The number of hydrogen-bond donors (Lipinski definition) is 1. The van der Waals surface area contributed by atoms with E-state index in [1.165, 1.54) is 45.5 Å². The van der Waals surface area contributed by atoms with Crippen LogP contribution in [0.15, 0.2) is 65.1 Å². The van der Waals surface area contributed by atoms with E-state index in [0.29, 0.717) is 23.8 Å². The predicted molar refractivity (Wildman–Crippen MR) is 128 cm³/mol. The highest BCUT2D eigenvalue weighted by Gasteiger charge is 2.46. The van der Waals surface area contributed by atoms with Gasteiger partial charge in [-0.3, -0.25) is 0 Å². The van der Waals surface area contributed by atoms with Crippen LogP contribution < -0.4 is 5.73 Å². The van der Waals surface area contributed by atoms with Crippen molar-refractivity contribution in [3.05, 3.63) is 106 Å². The summed E-state index contributed by atoms with van der Waals surface area (Å²) in [5, 5.41) is 8.96. The lowest BCUT2D eigenvalue weighted by molar-refractivity contribution is 0.380. The molecule has 0 radical (unpaired) electrons. The van der Waals surface area contributed by atoms with E-state index in [4.69, 9.17) is 10.2 Å². The largest absolute Gasteiger partial charge is 0.419 e. The van der Waals surface area contributed by atoms with Crippen molar-refractivity contribution in [2.45, 2.75) is 51.5 Å². The summed E-state index contributed by atoms with van der Waals surface area (Å²) in [6.45, 7) is 6.26. The second-order valence-electron chi connectivity index (χ2n) is 9.33. The van der Waals surface area contributed by atoms with E-state index < -0.39 is 5.41 Å². The average Bonchev–Trinajstić information content (AvgIpc) is 3.23. The Bertz CT molecular complexity index is 1250. The lowest BCUT2D eigenvalue weighted by Gasteiger charge is -2.35. The van der Waals surface area contributed by atoms with Crippen molar-refractivity contribution in [1.29, 1.82) is 0 Å². The van der Waals surface area contributed by atoms with Crippen LogP contribution >= 0.6 is 0 Å². The molecule has 0 unspecified atom stereocenters. The van der Waals surface area contributed by atoms with E-state index in [-0.39, 0.29) is 11.9 Å². The first-order chi connectivity index (χ1) is 15.9. The highest BCUT2D eigenvalue weighted by atomic mass is 19.1. The third kappa shape index (κ3) is 3.76. The summed E-state index contributed by atoms with van der Waals surface area (Å²) in [5.41, 5.74) is 13.9. The smallest absolute Gasteiger partial charge is 0.247 e. The van der Waals surface area contributed by atoms with Crippen molar-refractivity contribution < 1.29 is 8.81 Å². The average molecular weight is 442 g/mol. The third-order valence-corrected chi connectivity index (χ3v) is 6.61. The minimum absolute atomic E-state index is 0.104. The van der Waals surface area contributed by atoms with Gasteiger partial charge in [0.05, 0.1) is 0 Å². The molecule has 1 aliphatic rings. The molecule has 4 aromatic rings. The Hall–Kier alpha value is -3.31. The van der Waals surface area contributed by atoms with Gasteiger partial charge in [-0.05, 0) is 86.6 Å². The summed E-state index contributed by atoms with van der Waals surface area (Å²) in [6.07, 6.45) is 2.50. The monoisotopic (exact) mass is 441 g/mol. The van der Waals surface area contributed by atoms with Gasteiger partial charge in [0, 0.05) is 11.6 Å². The summed E-state index contributed by atoms with van der Waals surface area (Å²) in [4.78, 5) is 0. The first-order valence-electron chi connectivity index (χ1n) is 11.4. The molecule has 4 nitrogen and oxygen atoms in total. The minimum atomic E-state index is -0.665. The predicted octanol–water partition coefficient (Wildman–Crippen LogP) is 5.66. The zero-order chi connectivity index (χ0) is 23.2. The number of aromatic nitrogens is 2. The molecule has 1 heterocycles. The summed E-state index contributed by atoms with van der Waals surface area (Å²) in [6, 6.07) is 19.2. The number of nitrogens with zero attached hydrogens (tertiary/aromatic N) is 2. The Morgan fingerprint density at radius 3 is 2.03 bits per heavy atom. The van der Waals surface area contributed by atoms with Crippen molar-refractivity contribution in [2.75, 3.05) is 0 Å². The standard InChI is InChI=1S/C28H28FN3O/c1-17-4-12-24-21(14-17)6-7-22-15-18(2)5-13-25(22)28(24,16-19(3)30)27-32-31-26(33-27)20-8-10-23(29)11-9-20/h4-5,8-15,19H,6-7,16,30H2,1-3H3/t19-/m1/s1. The lowest BCUT2D eigenvalue weighted by atomic mass is 9.68. The van der Waals surface area contributed by atoms with Gasteiger partial charge in [-0.15, -0.1) is 10.2 Å². The highest BCUT2D eigenvalue weighted by Crippen LogP contribution is 2.48. The number of fused-ring (bicyclic) bond motifs is 2. The molecule has 0 saturated carbocycles.